The second-order valence-corrected chi connectivity index (χ2v) is 5.70. The summed E-state index contributed by atoms with van der Waals surface area (Å²) in [6.45, 7) is 0. The molecule has 1 heterocycles. The second kappa shape index (κ2) is 4.86. The number of hydrogen-bond donors (Lipinski definition) is 2. The second-order valence-electron chi connectivity index (χ2n) is 4.78. The first-order chi connectivity index (χ1) is 8.74. The molecule has 18 heavy (non-hydrogen) atoms. The molecule has 1 saturated carbocycles. The van der Waals surface area contributed by atoms with Crippen LogP contribution in [0.1, 0.15) is 19.3 Å². The van der Waals surface area contributed by atoms with Gasteiger partial charge in [0.15, 0.2) is 0 Å². The Morgan fingerprint density at radius 3 is 3.00 bits per heavy atom. The van der Waals surface area contributed by atoms with Crippen LogP contribution in [0.15, 0.2) is 34.9 Å². The highest BCUT2D eigenvalue weighted by molar-refractivity contribution is 9.10. The molecule has 2 N–H and O–H groups in total. The van der Waals surface area contributed by atoms with Crippen molar-refractivity contribution in [2.45, 2.75) is 31.4 Å². The van der Waals surface area contributed by atoms with Crippen LogP contribution in [0.2, 0.25) is 0 Å². The summed E-state index contributed by atoms with van der Waals surface area (Å²) in [5.74, 6) is 0. The number of pyridine rings is 1. The number of rotatable bonds is 2. The molecule has 1 aliphatic carbocycles. The van der Waals surface area contributed by atoms with Crippen LogP contribution < -0.4 is 5.32 Å². The summed E-state index contributed by atoms with van der Waals surface area (Å²) >= 11 is 3.43. The molecule has 2 aromatic rings. The molecule has 2 atom stereocenters. The predicted molar refractivity (Wildman–Crippen MR) is 76.7 cm³/mol. The number of aromatic nitrogens is 1. The van der Waals surface area contributed by atoms with Crippen molar-refractivity contribution in [3.63, 3.8) is 0 Å². The Bertz CT molecular complexity index is 573. The van der Waals surface area contributed by atoms with E-state index in [1.807, 2.05) is 18.2 Å². The van der Waals surface area contributed by atoms with Crippen molar-refractivity contribution in [2.24, 2.45) is 0 Å². The first-order valence-electron chi connectivity index (χ1n) is 6.23. The van der Waals surface area contributed by atoms with Crippen molar-refractivity contribution in [2.75, 3.05) is 5.32 Å². The standard InChI is InChI=1S/C14H15BrN2O/c15-10-7-9-3-1-5-12(14(9)16-8-10)17-11-4-2-6-13(11)18/h1,3,5,7-8,11,13,17-18H,2,4,6H2/t11-,13-/m0/s1. The highest BCUT2D eigenvalue weighted by Crippen LogP contribution is 2.28. The van der Waals surface area contributed by atoms with Crippen molar-refractivity contribution >= 4 is 32.5 Å². The lowest BCUT2D eigenvalue weighted by molar-refractivity contribution is 0.172. The summed E-state index contributed by atoms with van der Waals surface area (Å²) in [5, 5.41) is 14.4. The summed E-state index contributed by atoms with van der Waals surface area (Å²) in [6.07, 6.45) is 4.56. The monoisotopic (exact) mass is 306 g/mol. The third kappa shape index (κ3) is 2.22. The lowest BCUT2D eigenvalue weighted by Crippen LogP contribution is -2.28. The zero-order valence-electron chi connectivity index (χ0n) is 9.94. The number of halogens is 1. The van der Waals surface area contributed by atoms with Gasteiger partial charge in [-0.2, -0.15) is 0 Å². The summed E-state index contributed by atoms with van der Waals surface area (Å²) in [4.78, 5) is 4.46. The van der Waals surface area contributed by atoms with Gasteiger partial charge in [-0.25, -0.2) is 0 Å². The molecule has 4 heteroatoms. The number of aliphatic hydroxyl groups excluding tert-OH is 1. The van der Waals surface area contributed by atoms with Gasteiger partial charge in [0.05, 0.1) is 23.3 Å². The van der Waals surface area contributed by atoms with Gasteiger partial charge in [-0.05, 0) is 47.3 Å². The molecular formula is C14H15BrN2O. The minimum Gasteiger partial charge on any atom is -0.391 e. The molecule has 0 spiro atoms. The van der Waals surface area contributed by atoms with E-state index in [1.165, 1.54) is 0 Å². The minimum atomic E-state index is -0.240. The molecule has 94 valence electrons. The van der Waals surface area contributed by atoms with Gasteiger partial charge in [0.1, 0.15) is 0 Å². The van der Waals surface area contributed by atoms with Gasteiger partial charge in [-0.15, -0.1) is 0 Å². The molecule has 1 aromatic heterocycles. The summed E-state index contributed by atoms with van der Waals surface area (Å²) in [6, 6.07) is 8.29. The number of fused-ring (bicyclic) bond motifs is 1. The number of benzene rings is 1. The van der Waals surface area contributed by atoms with E-state index in [1.54, 1.807) is 6.20 Å². The van der Waals surface area contributed by atoms with Gasteiger partial charge in [0, 0.05) is 16.1 Å². The van der Waals surface area contributed by atoms with Crippen molar-refractivity contribution in [1.29, 1.82) is 0 Å². The number of nitrogens with one attached hydrogen (secondary N) is 1. The summed E-state index contributed by atoms with van der Waals surface area (Å²) in [7, 11) is 0. The fraction of sp³-hybridized carbons (Fsp3) is 0.357. The lowest BCUT2D eigenvalue weighted by atomic mass is 10.1. The van der Waals surface area contributed by atoms with Crippen LogP contribution >= 0.6 is 15.9 Å². The van der Waals surface area contributed by atoms with E-state index in [0.29, 0.717) is 0 Å². The van der Waals surface area contributed by atoms with Gasteiger partial charge in [0.25, 0.3) is 0 Å². The maximum absolute atomic E-state index is 9.88. The Balaban J connectivity index is 1.96. The van der Waals surface area contributed by atoms with Crippen LogP contribution in [0, 0.1) is 0 Å². The fourth-order valence-corrected chi connectivity index (χ4v) is 2.91. The smallest absolute Gasteiger partial charge is 0.0934 e. The highest BCUT2D eigenvalue weighted by Gasteiger charge is 2.25. The molecule has 3 nitrogen and oxygen atoms in total. The Morgan fingerprint density at radius 1 is 1.33 bits per heavy atom. The third-order valence-electron chi connectivity index (χ3n) is 3.50. The first kappa shape index (κ1) is 11.9. The Kier molecular flexibility index (Phi) is 3.22. The zero-order chi connectivity index (χ0) is 12.5. The molecule has 0 unspecified atom stereocenters. The van der Waals surface area contributed by atoms with Gasteiger partial charge in [-0.1, -0.05) is 12.1 Å². The normalized spacial score (nSPS) is 23.4. The summed E-state index contributed by atoms with van der Waals surface area (Å²) in [5.41, 5.74) is 1.96. The van der Waals surface area contributed by atoms with E-state index in [2.05, 4.69) is 32.3 Å². The lowest BCUT2D eigenvalue weighted by Gasteiger charge is -2.18. The third-order valence-corrected chi connectivity index (χ3v) is 3.93. The van der Waals surface area contributed by atoms with Crippen molar-refractivity contribution in [3.8, 4) is 0 Å². The van der Waals surface area contributed by atoms with Crippen LogP contribution in [-0.4, -0.2) is 22.2 Å². The molecule has 0 amide bonds. The van der Waals surface area contributed by atoms with Gasteiger partial charge >= 0.3 is 0 Å². The van der Waals surface area contributed by atoms with Crippen molar-refractivity contribution < 1.29 is 5.11 Å². The SMILES string of the molecule is O[C@H]1CCC[C@@H]1Nc1cccc2cc(Br)cnc12. The molecule has 1 fully saturated rings. The summed E-state index contributed by atoms with van der Waals surface area (Å²) < 4.78 is 0.980. The molecule has 1 aliphatic rings. The average Bonchev–Trinajstić information content (AvgIpc) is 2.75. The van der Waals surface area contributed by atoms with Crippen LogP contribution in [0.25, 0.3) is 10.9 Å². The zero-order valence-corrected chi connectivity index (χ0v) is 11.5. The van der Waals surface area contributed by atoms with Crippen molar-refractivity contribution in [1.82, 2.24) is 4.98 Å². The maximum Gasteiger partial charge on any atom is 0.0934 e. The maximum atomic E-state index is 9.88. The molecule has 0 radical (unpaired) electrons. The molecular weight excluding hydrogens is 292 g/mol. The quantitative estimate of drug-likeness (QED) is 0.894. The van der Waals surface area contributed by atoms with Crippen LogP contribution in [0.3, 0.4) is 0 Å². The predicted octanol–water partition coefficient (Wildman–Crippen LogP) is 3.32. The van der Waals surface area contributed by atoms with E-state index in [0.717, 1.165) is 40.3 Å². The minimum absolute atomic E-state index is 0.154. The van der Waals surface area contributed by atoms with Crippen molar-refractivity contribution in [3.05, 3.63) is 34.9 Å². The van der Waals surface area contributed by atoms with E-state index < -0.39 is 0 Å². The topological polar surface area (TPSA) is 45.1 Å². The molecule has 0 aliphatic heterocycles. The number of anilines is 1. The van der Waals surface area contributed by atoms with Crippen LogP contribution in [0.5, 0.6) is 0 Å². The average molecular weight is 307 g/mol. The van der Waals surface area contributed by atoms with E-state index in [-0.39, 0.29) is 12.1 Å². The Morgan fingerprint density at radius 2 is 2.22 bits per heavy atom. The van der Waals surface area contributed by atoms with Gasteiger partial charge in [0.2, 0.25) is 0 Å². The number of para-hydroxylation sites is 1. The highest BCUT2D eigenvalue weighted by atomic mass is 79.9. The molecule has 0 bridgehead atoms. The van der Waals surface area contributed by atoms with Gasteiger partial charge < -0.3 is 10.4 Å². The molecule has 0 saturated heterocycles. The molecule has 3 rings (SSSR count). The number of aliphatic hydroxyl groups is 1. The van der Waals surface area contributed by atoms with Gasteiger partial charge in [-0.3, -0.25) is 4.98 Å². The fourth-order valence-electron chi connectivity index (χ4n) is 2.56. The number of hydrogen-bond acceptors (Lipinski definition) is 3. The van der Waals surface area contributed by atoms with E-state index in [9.17, 15) is 5.11 Å². The number of nitrogens with zero attached hydrogens (tertiary/aromatic N) is 1. The largest absolute Gasteiger partial charge is 0.391 e. The van der Waals surface area contributed by atoms with E-state index in [4.69, 9.17) is 0 Å². The Hall–Kier alpha value is -1.13. The molecule has 1 aromatic carbocycles. The van der Waals surface area contributed by atoms with Crippen LogP contribution in [0.4, 0.5) is 5.69 Å². The van der Waals surface area contributed by atoms with E-state index >= 15 is 0 Å². The Labute approximate surface area is 114 Å². The van der Waals surface area contributed by atoms with Crippen LogP contribution in [-0.2, 0) is 0 Å². The first-order valence-corrected chi connectivity index (χ1v) is 7.02.